The van der Waals surface area contributed by atoms with Crippen LogP contribution in [0.4, 0.5) is 0 Å². The monoisotopic (exact) mass is 281 g/mol. The molecule has 0 N–H and O–H groups in total. The second kappa shape index (κ2) is 5.43. The largest absolute Gasteiger partial charge is 0.295 e. The third kappa shape index (κ3) is 3.22. The molecular formula is C14H19NO3S. The summed E-state index contributed by atoms with van der Waals surface area (Å²) in [6.45, 7) is 4.40. The van der Waals surface area contributed by atoms with Crippen LogP contribution in [0.1, 0.15) is 37.0 Å². The fourth-order valence-electron chi connectivity index (χ4n) is 2.00. The third-order valence-electron chi connectivity index (χ3n) is 3.41. The number of nitrogens with zero attached hydrogens (tertiary/aromatic N) is 1. The van der Waals surface area contributed by atoms with Crippen LogP contribution in [0.15, 0.2) is 29.2 Å². The van der Waals surface area contributed by atoms with E-state index in [2.05, 4.69) is 0 Å². The van der Waals surface area contributed by atoms with E-state index in [0.29, 0.717) is 24.6 Å². The van der Waals surface area contributed by atoms with E-state index in [9.17, 15) is 13.2 Å². The molecule has 1 aliphatic carbocycles. The molecule has 0 amide bonds. The maximum atomic E-state index is 12.4. The first-order chi connectivity index (χ1) is 8.95. The molecule has 1 saturated carbocycles. The third-order valence-corrected chi connectivity index (χ3v) is 5.37. The van der Waals surface area contributed by atoms with Gasteiger partial charge >= 0.3 is 0 Å². The Bertz CT molecular complexity index is 559. The van der Waals surface area contributed by atoms with E-state index in [-0.39, 0.29) is 10.7 Å². The summed E-state index contributed by atoms with van der Waals surface area (Å²) in [7, 11) is -3.43. The van der Waals surface area contributed by atoms with Gasteiger partial charge in [-0.3, -0.25) is 4.79 Å². The van der Waals surface area contributed by atoms with Gasteiger partial charge in [-0.15, -0.1) is 0 Å². The zero-order chi connectivity index (χ0) is 14.0. The standard InChI is InChI=1S/C14H19NO3S/c1-3-15(10-12-4-5-12)19(17,18)14-8-6-13(7-9-14)11(2)16/h6-9,12H,3-5,10H2,1-2H3. The van der Waals surface area contributed by atoms with E-state index in [1.807, 2.05) is 6.92 Å². The van der Waals surface area contributed by atoms with Crippen molar-refractivity contribution in [3.8, 4) is 0 Å². The normalized spacial score (nSPS) is 15.7. The lowest BCUT2D eigenvalue weighted by molar-refractivity contribution is 0.101. The van der Waals surface area contributed by atoms with Crippen LogP contribution in [0, 0.1) is 5.92 Å². The van der Waals surface area contributed by atoms with Gasteiger partial charge in [-0.1, -0.05) is 19.1 Å². The van der Waals surface area contributed by atoms with Crippen LogP contribution in [-0.4, -0.2) is 31.6 Å². The van der Waals surface area contributed by atoms with Crippen LogP contribution in [0.2, 0.25) is 0 Å². The van der Waals surface area contributed by atoms with E-state index in [4.69, 9.17) is 0 Å². The Kier molecular flexibility index (Phi) is 4.06. The van der Waals surface area contributed by atoms with Gasteiger partial charge in [0.1, 0.15) is 0 Å². The number of benzene rings is 1. The molecule has 0 unspecified atom stereocenters. The summed E-state index contributed by atoms with van der Waals surface area (Å²) >= 11 is 0. The summed E-state index contributed by atoms with van der Waals surface area (Å²) < 4.78 is 26.4. The number of Topliss-reactive ketones (excluding diaryl/α,β-unsaturated/α-hetero) is 1. The fraction of sp³-hybridized carbons (Fsp3) is 0.500. The first kappa shape index (κ1) is 14.2. The summed E-state index contributed by atoms with van der Waals surface area (Å²) in [5.74, 6) is 0.459. The first-order valence-corrected chi connectivity index (χ1v) is 8.00. The van der Waals surface area contributed by atoms with Gasteiger partial charge in [-0.25, -0.2) is 8.42 Å². The number of hydrogen-bond donors (Lipinski definition) is 0. The number of sulfonamides is 1. The van der Waals surface area contributed by atoms with E-state index < -0.39 is 10.0 Å². The fourth-order valence-corrected chi connectivity index (χ4v) is 3.52. The van der Waals surface area contributed by atoms with Crippen molar-refractivity contribution in [1.82, 2.24) is 4.31 Å². The van der Waals surface area contributed by atoms with Crippen molar-refractivity contribution in [2.75, 3.05) is 13.1 Å². The average molecular weight is 281 g/mol. The molecule has 1 aliphatic rings. The molecule has 0 aliphatic heterocycles. The van der Waals surface area contributed by atoms with E-state index in [0.717, 1.165) is 12.8 Å². The second-order valence-electron chi connectivity index (χ2n) is 4.98. The maximum Gasteiger partial charge on any atom is 0.243 e. The molecule has 5 heteroatoms. The predicted octanol–water partition coefficient (Wildman–Crippen LogP) is 2.31. The smallest absolute Gasteiger partial charge is 0.243 e. The van der Waals surface area contributed by atoms with E-state index >= 15 is 0 Å². The van der Waals surface area contributed by atoms with Crippen molar-refractivity contribution in [3.63, 3.8) is 0 Å². The average Bonchev–Trinajstić information content (AvgIpc) is 3.19. The Morgan fingerprint density at radius 3 is 2.26 bits per heavy atom. The number of carbonyl (C=O) groups excluding carboxylic acids is 1. The Morgan fingerprint density at radius 1 is 1.26 bits per heavy atom. The van der Waals surface area contributed by atoms with Gasteiger partial charge in [-0.2, -0.15) is 4.31 Å². The number of rotatable bonds is 6. The summed E-state index contributed by atoms with van der Waals surface area (Å²) in [6, 6.07) is 6.17. The van der Waals surface area contributed by atoms with Crippen LogP contribution in [-0.2, 0) is 10.0 Å². The molecule has 104 valence electrons. The molecule has 19 heavy (non-hydrogen) atoms. The maximum absolute atomic E-state index is 12.4. The molecule has 4 nitrogen and oxygen atoms in total. The minimum absolute atomic E-state index is 0.0609. The quantitative estimate of drug-likeness (QED) is 0.752. The van der Waals surface area contributed by atoms with Crippen molar-refractivity contribution in [2.24, 2.45) is 5.92 Å². The van der Waals surface area contributed by atoms with Crippen LogP contribution in [0.5, 0.6) is 0 Å². The molecule has 1 aromatic carbocycles. The zero-order valence-corrected chi connectivity index (χ0v) is 12.1. The molecule has 0 radical (unpaired) electrons. The lowest BCUT2D eigenvalue weighted by atomic mass is 10.2. The topological polar surface area (TPSA) is 54.5 Å². The summed E-state index contributed by atoms with van der Waals surface area (Å²) in [6.07, 6.45) is 2.24. The number of hydrogen-bond acceptors (Lipinski definition) is 3. The van der Waals surface area contributed by atoms with Crippen LogP contribution >= 0.6 is 0 Å². The van der Waals surface area contributed by atoms with Crippen molar-refractivity contribution in [1.29, 1.82) is 0 Å². The van der Waals surface area contributed by atoms with E-state index in [1.54, 1.807) is 12.1 Å². The van der Waals surface area contributed by atoms with Crippen LogP contribution in [0.3, 0.4) is 0 Å². The second-order valence-corrected chi connectivity index (χ2v) is 6.92. The molecule has 0 bridgehead atoms. The van der Waals surface area contributed by atoms with Crippen molar-refractivity contribution >= 4 is 15.8 Å². The lowest BCUT2D eigenvalue weighted by Crippen LogP contribution is -2.32. The molecule has 0 spiro atoms. The SMILES string of the molecule is CCN(CC1CC1)S(=O)(=O)c1ccc(C(C)=O)cc1. The van der Waals surface area contributed by atoms with Crippen molar-refractivity contribution in [2.45, 2.75) is 31.6 Å². The molecule has 0 aromatic heterocycles. The Balaban J connectivity index is 2.23. The van der Waals surface area contributed by atoms with Gasteiger partial charge < -0.3 is 0 Å². The van der Waals surface area contributed by atoms with Gasteiger partial charge in [0.25, 0.3) is 0 Å². The van der Waals surface area contributed by atoms with E-state index in [1.165, 1.54) is 23.4 Å². The highest BCUT2D eigenvalue weighted by molar-refractivity contribution is 7.89. The van der Waals surface area contributed by atoms with Crippen molar-refractivity contribution in [3.05, 3.63) is 29.8 Å². The van der Waals surface area contributed by atoms with Gasteiger partial charge in [-0.05, 0) is 37.8 Å². The highest BCUT2D eigenvalue weighted by atomic mass is 32.2. The summed E-state index contributed by atoms with van der Waals surface area (Å²) in [5, 5.41) is 0. The number of ketones is 1. The first-order valence-electron chi connectivity index (χ1n) is 6.56. The van der Waals surface area contributed by atoms with Crippen LogP contribution in [0.25, 0.3) is 0 Å². The van der Waals surface area contributed by atoms with Gasteiger partial charge in [0.15, 0.2) is 5.78 Å². The van der Waals surface area contributed by atoms with Gasteiger partial charge in [0, 0.05) is 18.7 Å². The zero-order valence-electron chi connectivity index (χ0n) is 11.3. The van der Waals surface area contributed by atoms with Crippen molar-refractivity contribution < 1.29 is 13.2 Å². The molecular weight excluding hydrogens is 262 g/mol. The van der Waals surface area contributed by atoms with Gasteiger partial charge in [0.05, 0.1) is 4.90 Å². The summed E-state index contributed by atoms with van der Waals surface area (Å²) in [5.41, 5.74) is 0.532. The highest BCUT2D eigenvalue weighted by Gasteiger charge is 2.30. The molecule has 0 atom stereocenters. The molecule has 1 aromatic rings. The minimum atomic E-state index is -3.43. The minimum Gasteiger partial charge on any atom is -0.295 e. The Hall–Kier alpha value is -1.20. The Labute approximate surface area is 114 Å². The number of carbonyl (C=O) groups is 1. The predicted molar refractivity (Wildman–Crippen MR) is 73.6 cm³/mol. The molecule has 1 fully saturated rings. The van der Waals surface area contributed by atoms with Gasteiger partial charge in [0.2, 0.25) is 10.0 Å². The molecule has 0 saturated heterocycles. The Morgan fingerprint density at radius 2 is 1.84 bits per heavy atom. The van der Waals surface area contributed by atoms with Crippen LogP contribution < -0.4 is 0 Å². The highest BCUT2D eigenvalue weighted by Crippen LogP contribution is 2.31. The molecule has 0 heterocycles. The lowest BCUT2D eigenvalue weighted by Gasteiger charge is -2.20. The summed E-state index contributed by atoms with van der Waals surface area (Å²) in [4.78, 5) is 11.5. The molecule has 2 rings (SSSR count).